The number of carbonyl (C=O) groups is 3. The van der Waals surface area contributed by atoms with E-state index in [0.29, 0.717) is 21.4 Å². The molecule has 2 atom stereocenters. The summed E-state index contributed by atoms with van der Waals surface area (Å²) in [6.45, 7) is 1.80. The topological polar surface area (TPSA) is 130 Å². The molecule has 0 aliphatic carbocycles. The molecule has 182 valence electrons. The summed E-state index contributed by atoms with van der Waals surface area (Å²) >= 11 is 6.70. The second-order valence-electron chi connectivity index (χ2n) is 7.13. The number of aliphatic carboxylic acids is 1. The fourth-order valence-electron chi connectivity index (χ4n) is 3.42. The van der Waals surface area contributed by atoms with Gasteiger partial charge in [-0.25, -0.2) is 4.79 Å². The van der Waals surface area contributed by atoms with E-state index < -0.39 is 51.2 Å². The third kappa shape index (κ3) is 4.45. The number of carboxylic acids is 1. The van der Waals surface area contributed by atoms with Crippen LogP contribution in [0, 0.1) is 6.92 Å². The number of rotatable bonds is 6. The van der Waals surface area contributed by atoms with Crippen LogP contribution in [-0.2, 0) is 22.8 Å². The minimum absolute atomic E-state index is 0.158. The molecule has 0 aromatic carbocycles. The lowest BCUT2D eigenvalue weighted by Gasteiger charge is -2.49. The summed E-state index contributed by atoms with van der Waals surface area (Å²) < 4.78 is 40.1. The molecule has 2 aromatic heterocycles. The Balaban J connectivity index is 1.51. The second-order valence-corrected chi connectivity index (χ2v) is 11.4. The number of carbonyl (C=O) groups excluding carboxylic acids is 2. The van der Waals surface area contributed by atoms with Crippen molar-refractivity contribution in [1.29, 1.82) is 0 Å². The van der Waals surface area contributed by atoms with Crippen LogP contribution in [0.5, 0.6) is 0 Å². The molecule has 2 aromatic rings. The summed E-state index contributed by atoms with van der Waals surface area (Å²) in [5.41, 5.74) is -1.31. The van der Waals surface area contributed by atoms with Gasteiger partial charge in [-0.3, -0.25) is 19.2 Å². The van der Waals surface area contributed by atoms with E-state index in [9.17, 15) is 32.7 Å². The Morgan fingerprint density at radius 3 is 2.62 bits per heavy atom. The molecule has 34 heavy (non-hydrogen) atoms. The zero-order valence-electron chi connectivity index (χ0n) is 17.2. The maximum atomic E-state index is 13.1. The number of fused-ring (bicyclic) bond motifs is 1. The number of nitrogens with one attached hydrogen (secondary N) is 1. The zero-order valence-corrected chi connectivity index (χ0v) is 21.2. The Labute approximate surface area is 210 Å². The number of aryl methyl sites for hydroxylation is 2. The highest BCUT2D eigenvalue weighted by Gasteiger charge is 2.54. The number of nitrogens with zero attached hydrogens (tertiary/aromatic N) is 5. The van der Waals surface area contributed by atoms with Crippen LogP contribution < -0.4 is 5.32 Å². The van der Waals surface area contributed by atoms with Crippen LogP contribution in [0.4, 0.5) is 13.2 Å². The Morgan fingerprint density at radius 2 is 2.06 bits per heavy atom. The quantitative estimate of drug-likeness (QED) is 0.380. The van der Waals surface area contributed by atoms with Gasteiger partial charge in [-0.15, -0.1) is 22.0 Å². The predicted molar refractivity (Wildman–Crippen MR) is 120 cm³/mol. The number of halogens is 4. The van der Waals surface area contributed by atoms with Crippen molar-refractivity contribution in [2.75, 3.05) is 11.5 Å². The van der Waals surface area contributed by atoms with Crippen LogP contribution in [0.3, 0.4) is 0 Å². The molecule has 0 bridgehead atoms. The molecule has 1 fully saturated rings. The number of alkyl halides is 3. The van der Waals surface area contributed by atoms with E-state index in [1.54, 1.807) is 6.92 Å². The predicted octanol–water partition coefficient (Wildman–Crippen LogP) is 2.51. The highest BCUT2D eigenvalue weighted by molar-refractivity contribution is 9.10. The summed E-state index contributed by atoms with van der Waals surface area (Å²) in [5, 5.41) is 23.5. The number of amides is 2. The van der Waals surface area contributed by atoms with Crippen molar-refractivity contribution >= 4 is 68.6 Å². The molecule has 0 spiro atoms. The van der Waals surface area contributed by atoms with Crippen molar-refractivity contribution in [2.24, 2.45) is 7.05 Å². The standard InChI is InChI=1S/C17H14BrF3N6O4S3/c1-5-23-24-16(34-5)33-4-6-3-32-14-8(13(29)27(14)9(6)15(30)31)22-12(28)10-7(18)11(17(19,20)21)25-26(10)2/h8,14H,3-4H2,1-2H3,(H,22,28)(H,30,31)/t8-,14+/m1/s1. The van der Waals surface area contributed by atoms with Crippen LogP contribution in [0.25, 0.3) is 0 Å². The molecular weight excluding hydrogens is 585 g/mol. The Morgan fingerprint density at radius 1 is 1.35 bits per heavy atom. The van der Waals surface area contributed by atoms with Crippen molar-refractivity contribution in [3.8, 4) is 0 Å². The van der Waals surface area contributed by atoms with Crippen molar-refractivity contribution < 1.29 is 32.7 Å². The van der Waals surface area contributed by atoms with Crippen molar-refractivity contribution in [3.05, 3.63) is 32.1 Å². The Bertz CT molecular complexity index is 1230. The van der Waals surface area contributed by atoms with Gasteiger partial charge < -0.3 is 10.4 Å². The average molecular weight is 599 g/mol. The lowest BCUT2D eigenvalue weighted by atomic mass is 10.0. The van der Waals surface area contributed by atoms with Gasteiger partial charge in [0, 0.05) is 18.6 Å². The minimum atomic E-state index is -4.78. The normalized spacial score (nSPS) is 20.3. The third-order valence-corrected chi connectivity index (χ3v) is 9.04. The third-order valence-electron chi connectivity index (χ3n) is 4.89. The lowest BCUT2D eigenvalue weighted by Crippen LogP contribution is -2.70. The van der Waals surface area contributed by atoms with Crippen LogP contribution >= 0.6 is 50.8 Å². The van der Waals surface area contributed by atoms with Gasteiger partial charge >= 0.3 is 12.1 Å². The van der Waals surface area contributed by atoms with E-state index in [1.165, 1.54) is 41.9 Å². The van der Waals surface area contributed by atoms with Crippen molar-refractivity contribution in [1.82, 2.24) is 30.2 Å². The molecule has 2 aliphatic heterocycles. The van der Waals surface area contributed by atoms with Crippen LogP contribution in [0.15, 0.2) is 20.1 Å². The second kappa shape index (κ2) is 9.16. The maximum Gasteiger partial charge on any atom is 0.436 e. The Hall–Kier alpha value is -2.11. The van der Waals surface area contributed by atoms with Gasteiger partial charge in [0.1, 0.15) is 27.8 Å². The first-order valence-corrected chi connectivity index (χ1v) is 13.0. The highest BCUT2D eigenvalue weighted by atomic mass is 79.9. The van der Waals surface area contributed by atoms with Crippen molar-refractivity contribution in [2.45, 2.75) is 28.9 Å². The first-order valence-electron chi connectivity index (χ1n) is 9.33. The number of aromatic nitrogens is 4. The number of carboxylic acid groups (broad SMARTS) is 1. The molecule has 0 unspecified atom stereocenters. The molecule has 1 saturated heterocycles. The SMILES string of the molecule is Cc1nnc(SCC2=C(C(=O)O)N3C(=O)[C@@H](NC(=O)c4c(Br)c(C(F)(F)F)nn4C)[C@@H]3SC2)s1. The molecule has 4 rings (SSSR count). The van der Waals surface area contributed by atoms with Crippen LogP contribution in [0.1, 0.15) is 21.2 Å². The number of hydrogen-bond acceptors (Lipinski definition) is 9. The Kier molecular flexibility index (Phi) is 6.73. The molecule has 2 N–H and O–H groups in total. The lowest BCUT2D eigenvalue weighted by molar-refractivity contribution is -0.148. The molecule has 0 radical (unpaired) electrons. The highest BCUT2D eigenvalue weighted by Crippen LogP contribution is 2.42. The van der Waals surface area contributed by atoms with Gasteiger partial charge in [-0.2, -0.15) is 18.3 Å². The summed E-state index contributed by atoms with van der Waals surface area (Å²) in [5.74, 6) is -2.30. The van der Waals surface area contributed by atoms with Gasteiger partial charge in [0.05, 0.1) is 4.47 Å². The number of hydrogen-bond donors (Lipinski definition) is 2. The molecule has 2 aliphatic rings. The molecule has 2 amide bonds. The van der Waals surface area contributed by atoms with Gasteiger partial charge in [-0.05, 0) is 28.4 Å². The maximum absolute atomic E-state index is 13.1. The molecular formula is C17H14BrF3N6O4S3. The number of thioether (sulfide) groups is 2. The van der Waals surface area contributed by atoms with E-state index in [1.807, 2.05) is 0 Å². The van der Waals surface area contributed by atoms with E-state index in [-0.39, 0.29) is 5.70 Å². The smallest absolute Gasteiger partial charge is 0.436 e. The fraction of sp³-hybridized carbons (Fsp3) is 0.412. The minimum Gasteiger partial charge on any atom is -0.477 e. The van der Waals surface area contributed by atoms with Crippen LogP contribution in [-0.4, -0.2) is 70.7 Å². The molecule has 17 heteroatoms. The molecule has 4 heterocycles. The molecule has 0 saturated carbocycles. The van der Waals surface area contributed by atoms with Gasteiger partial charge in [0.25, 0.3) is 11.8 Å². The summed E-state index contributed by atoms with van der Waals surface area (Å²) in [6.07, 6.45) is -4.78. The van der Waals surface area contributed by atoms with Crippen LogP contribution in [0.2, 0.25) is 0 Å². The summed E-state index contributed by atoms with van der Waals surface area (Å²) in [6, 6.07) is -1.09. The zero-order chi connectivity index (χ0) is 24.9. The first-order chi connectivity index (χ1) is 15.9. The van der Waals surface area contributed by atoms with Crippen molar-refractivity contribution in [3.63, 3.8) is 0 Å². The molecule has 10 nitrogen and oxygen atoms in total. The monoisotopic (exact) mass is 598 g/mol. The fourth-order valence-corrected chi connectivity index (χ4v) is 7.46. The average Bonchev–Trinajstić information content (AvgIpc) is 3.31. The van der Waals surface area contributed by atoms with Gasteiger partial charge in [0.15, 0.2) is 10.0 Å². The van der Waals surface area contributed by atoms with E-state index in [2.05, 4.69) is 36.5 Å². The van der Waals surface area contributed by atoms with Gasteiger partial charge in [-0.1, -0.05) is 23.1 Å². The largest absolute Gasteiger partial charge is 0.477 e. The summed E-state index contributed by atoms with van der Waals surface area (Å²) in [4.78, 5) is 38.5. The summed E-state index contributed by atoms with van der Waals surface area (Å²) in [7, 11) is 1.17. The first kappa shape index (κ1) is 25.0. The van der Waals surface area contributed by atoms with E-state index >= 15 is 0 Å². The van der Waals surface area contributed by atoms with E-state index in [0.717, 1.165) is 14.6 Å². The number of β-lactam (4-membered cyclic amide) rings is 1. The van der Waals surface area contributed by atoms with Gasteiger partial charge in [0.2, 0.25) is 0 Å². The van der Waals surface area contributed by atoms with E-state index in [4.69, 9.17) is 0 Å².